The lowest BCUT2D eigenvalue weighted by Gasteiger charge is -2.11. The molecule has 5 nitrogen and oxygen atoms in total. The summed E-state index contributed by atoms with van der Waals surface area (Å²) in [4.78, 5) is 16.9. The maximum Gasteiger partial charge on any atom is 0.249 e. The number of carbonyl (C=O) groups excluding carboxylic acids is 1. The number of nitrogens with zero attached hydrogens (tertiary/aromatic N) is 2. The lowest BCUT2D eigenvalue weighted by atomic mass is 10.1. The van der Waals surface area contributed by atoms with E-state index in [1.165, 1.54) is 56.3 Å². The summed E-state index contributed by atoms with van der Waals surface area (Å²) in [6.45, 7) is 4.80. The molecule has 1 aromatic heterocycles. The smallest absolute Gasteiger partial charge is 0.249 e. The molecule has 1 unspecified atom stereocenters. The molecule has 1 amide bonds. The zero-order valence-electron chi connectivity index (χ0n) is 19.4. The van der Waals surface area contributed by atoms with Crippen LogP contribution in [0.15, 0.2) is 24.3 Å². The number of ether oxygens (including phenoxy) is 1. The van der Waals surface area contributed by atoms with Crippen LogP contribution in [0.3, 0.4) is 0 Å². The first kappa shape index (κ1) is 23.8. The second-order valence-electron chi connectivity index (χ2n) is 8.89. The second kappa shape index (κ2) is 13.5. The van der Waals surface area contributed by atoms with Crippen molar-refractivity contribution in [2.75, 3.05) is 13.2 Å². The minimum atomic E-state index is -0.216. The van der Waals surface area contributed by atoms with Gasteiger partial charge in [0.05, 0.1) is 11.0 Å². The fourth-order valence-corrected chi connectivity index (χ4v) is 4.49. The third-order valence-electron chi connectivity index (χ3n) is 6.32. The van der Waals surface area contributed by atoms with E-state index < -0.39 is 0 Å². The fraction of sp³-hybridized carbons (Fsp3) is 0.692. The Morgan fingerprint density at radius 2 is 1.84 bits per heavy atom. The Kier molecular flexibility index (Phi) is 10.4. The van der Waals surface area contributed by atoms with Crippen LogP contribution in [0.4, 0.5) is 0 Å². The Bertz CT molecular complexity index is 780. The molecule has 1 aromatic carbocycles. The molecule has 1 aliphatic heterocycles. The largest absolute Gasteiger partial charge is 0.368 e. The van der Waals surface area contributed by atoms with E-state index in [1.54, 1.807) is 0 Å². The summed E-state index contributed by atoms with van der Waals surface area (Å²) in [6.07, 6.45) is 15.2. The van der Waals surface area contributed by atoms with Crippen molar-refractivity contribution in [2.45, 2.75) is 103 Å². The maximum atomic E-state index is 12.0. The predicted molar refractivity (Wildman–Crippen MR) is 127 cm³/mol. The molecule has 0 bridgehead atoms. The summed E-state index contributed by atoms with van der Waals surface area (Å²) in [5.74, 6) is 1.28. The number of aryl methyl sites for hydroxylation is 2. The molecule has 2 aromatic rings. The van der Waals surface area contributed by atoms with Crippen molar-refractivity contribution in [3.63, 3.8) is 0 Å². The SMILES string of the molecule is CCCCCCCCCn1c(CCCCCNC(=O)C2CCCO2)nc2ccccc21. The summed E-state index contributed by atoms with van der Waals surface area (Å²) in [6, 6.07) is 8.52. The molecule has 0 saturated carbocycles. The van der Waals surface area contributed by atoms with Gasteiger partial charge in [-0.3, -0.25) is 4.79 Å². The summed E-state index contributed by atoms with van der Waals surface area (Å²) < 4.78 is 7.88. The number of carbonyl (C=O) groups is 1. The normalized spacial score (nSPS) is 16.2. The molecule has 3 rings (SSSR count). The van der Waals surface area contributed by atoms with E-state index >= 15 is 0 Å². The van der Waals surface area contributed by atoms with Gasteiger partial charge in [-0.05, 0) is 44.2 Å². The first-order valence-electron chi connectivity index (χ1n) is 12.6. The molecule has 0 aliphatic carbocycles. The highest BCUT2D eigenvalue weighted by atomic mass is 16.5. The third kappa shape index (κ3) is 7.64. The number of benzene rings is 1. The average Bonchev–Trinajstić information content (AvgIpc) is 3.44. The Morgan fingerprint density at radius 3 is 2.65 bits per heavy atom. The Balaban J connectivity index is 1.39. The highest BCUT2D eigenvalue weighted by Gasteiger charge is 2.22. The number of amides is 1. The van der Waals surface area contributed by atoms with Gasteiger partial charge in [-0.1, -0.05) is 64.0 Å². The number of imidazole rings is 1. The van der Waals surface area contributed by atoms with Crippen LogP contribution < -0.4 is 5.32 Å². The summed E-state index contributed by atoms with van der Waals surface area (Å²) in [5.41, 5.74) is 2.39. The average molecular weight is 428 g/mol. The van der Waals surface area contributed by atoms with Gasteiger partial charge in [0.2, 0.25) is 5.91 Å². The summed E-state index contributed by atoms with van der Waals surface area (Å²) in [5, 5.41) is 3.02. The standard InChI is InChI=1S/C26H41N3O2/c1-2-3-4-5-6-7-13-20-29-23-16-11-10-15-22(23)28-25(29)18-9-8-12-19-27-26(30)24-17-14-21-31-24/h10-11,15-16,24H,2-9,12-14,17-21H2,1H3,(H,27,30). The van der Waals surface area contributed by atoms with Crippen molar-refractivity contribution >= 4 is 16.9 Å². The van der Waals surface area contributed by atoms with Gasteiger partial charge in [0.1, 0.15) is 11.9 Å². The molecule has 1 aliphatic rings. The van der Waals surface area contributed by atoms with Crippen LogP contribution >= 0.6 is 0 Å². The maximum absolute atomic E-state index is 12.0. The molecule has 0 spiro atoms. The number of hydrogen-bond donors (Lipinski definition) is 1. The highest BCUT2D eigenvalue weighted by molar-refractivity contribution is 5.80. The van der Waals surface area contributed by atoms with Gasteiger partial charge in [-0.25, -0.2) is 4.98 Å². The first-order valence-corrected chi connectivity index (χ1v) is 12.6. The van der Waals surface area contributed by atoms with Gasteiger partial charge in [0.15, 0.2) is 0 Å². The van der Waals surface area contributed by atoms with Crippen LogP contribution in [0.5, 0.6) is 0 Å². The van der Waals surface area contributed by atoms with Crippen LogP contribution in [-0.2, 0) is 22.5 Å². The Labute approximate surface area is 188 Å². The monoisotopic (exact) mass is 427 g/mol. The van der Waals surface area contributed by atoms with E-state index in [0.717, 1.165) is 63.7 Å². The molecule has 5 heteroatoms. The van der Waals surface area contributed by atoms with Crippen molar-refractivity contribution in [2.24, 2.45) is 0 Å². The molecule has 1 saturated heterocycles. The van der Waals surface area contributed by atoms with Crippen molar-refractivity contribution in [3.05, 3.63) is 30.1 Å². The number of unbranched alkanes of at least 4 members (excludes halogenated alkanes) is 8. The van der Waals surface area contributed by atoms with E-state index in [0.29, 0.717) is 0 Å². The predicted octanol–water partition coefficient (Wildman–Crippen LogP) is 5.79. The van der Waals surface area contributed by atoms with Gasteiger partial charge in [-0.15, -0.1) is 0 Å². The molecule has 0 radical (unpaired) electrons. The lowest BCUT2D eigenvalue weighted by molar-refractivity contribution is -0.130. The summed E-state index contributed by atoms with van der Waals surface area (Å²) in [7, 11) is 0. The van der Waals surface area contributed by atoms with E-state index in [1.807, 2.05) is 0 Å². The van der Waals surface area contributed by atoms with Crippen molar-refractivity contribution in [3.8, 4) is 0 Å². The zero-order valence-corrected chi connectivity index (χ0v) is 19.4. The van der Waals surface area contributed by atoms with E-state index in [4.69, 9.17) is 9.72 Å². The van der Waals surface area contributed by atoms with E-state index in [-0.39, 0.29) is 12.0 Å². The van der Waals surface area contributed by atoms with Gasteiger partial charge >= 0.3 is 0 Å². The van der Waals surface area contributed by atoms with E-state index in [2.05, 4.69) is 41.1 Å². The molecular weight excluding hydrogens is 386 g/mol. The zero-order chi connectivity index (χ0) is 21.7. The fourth-order valence-electron chi connectivity index (χ4n) is 4.49. The van der Waals surface area contributed by atoms with E-state index in [9.17, 15) is 4.79 Å². The topological polar surface area (TPSA) is 56.2 Å². The second-order valence-corrected chi connectivity index (χ2v) is 8.89. The van der Waals surface area contributed by atoms with Gasteiger partial charge in [0, 0.05) is 26.1 Å². The lowest BCUT2D eigenvalue weighted by Crippen LogP contribution is -2.34. The number of fused-ring (bicyclic) bond motifs is 1. The van der Waals surface area contributed by atoms with Gasteiger partial charge in [-0.2, -0.15) is 0 Å². The van der Waals surface area contributed by atoms with Crippen molar-refractivity contribution in [1.82, 2.24) is 14.9 Å². The van der Waals surface area contributed by atoms with Crippen molar-refractivity contribution < 1.29 is 9.53 Å². The molecule has 1 fully saturated rings. The number of rotatable bonds is 15. The molecular formula is C26H41N3O2. The minimum absolute atomic E-state index is 0.0639. The number of nitrogens with one attached hydrogen (secondary N) is 1. The summed E-state index contributed by atoms with van der Waals surface area (Å²) >= 11 is 0. The first-order chi connectivity index (χ1) is 15.3. The molecule has 1 atom stereocenters. The van der Waals surface area contributed by atoms with Crippen molar-refractivity contribution in [1.29, 1.82) is 0 Å². The molecule has 1 N–H and O–H groups in total. The number of para-hydroxylation sites is 2. The highest BCUT2D eigenvalue weighted by Crippen LogP contribution is 2.19. The van der Waals surface area contributed by atoms with Crippen LogP contribution in [0.2, 0.25) is 0 Å². The minimum Gasteiger partial charge on any atom is -0.368 e. The van der Waals surface area contributed by atoms with Crippen LogP contribution in [-0.4, -0.2) is 34.7 Å². The Hall–Kier alpha value is -1.88. The third-order valence-corrected chi connectivity index (χ3v) is 6.32. The van der Waals surface area contributed by atoms with Gasteiger partial charge in [0.25, 0.3) is 0 Å². The molecule has 31 heavy (non-hydrogen) atoms. The number of aromatic nitrogens is 2. The quantitative estimate of drug-likeness (QED) is 0.366. The van der Waals surface area contributed by atoms with Gasteiger partial charge < -0.3 is 14.6 Å². The van der Waals surface area contributed by atoms with Crippen LogP contribution in [0, 0.1) is 0 Å². The van der Waals surface area contributed by atoms with Crippen LogP contribution in [0.1, 0.15) is 89.8 Å². The Morgan fingerprint density at radius 1 is 1.06 bits per heavy atom. The van der Waals surface area contributed by atoms with Crippen LogP contribution in [0.25, 0.3) is 11.0 Å². The molecule has 172 valence electrons. The molecule has 2 heterocycles. The number of hydrogen-bond acceptors (Lipinski definition) is 3.